The molecule has 0 bridgehead atoms. The van der Waals surface area contributed by atoms with Crippen LogP contribution in [0.1, 0.15) is 13.8 Å². The lowest BCUT2D eigenvalue weighted by molar-refractivity contribution is 0.186. The van der Waals surface area contributed by atoms with Gasteiger partial charge >= 0.3 is 0 Å². The highest BCUT2D eigenvalue weighted by Crippen LogP contribution is 2.31. The minimum Gasteiger partial charge on any atom is -0.314 e. The van der Waals surface area contributed by atoms with E-state index < -0.39 is 10.0 Å². The largest absolute Gasteiger partial charge is 0.314 e. The lowest BCUT2D eigenvalue weighted by Crippen LogP contribution is -2.59. The van der Waals surface area contributed by atoms with Crippen molar-refractivity contribution in [2.45, 2.75) is 23.6 Å². The normalized spacial score (nSPS) is 21.6. The summed E-state index contributed by atoms with van der Waals surface area (Å²) in [6, 6.07) is 1.66. The highest BCUT2D eigenvalue weighted by atomic mass is 79.9. The second-order valence-electron chi connectivity index (χ2n) is 4.65. The van der Waals surface area contributed by atoms with Gasteiger partial charge in [-0.25, -0.2) is 8.42 Å². The summed E-state index contributed by atoms with van der Waals surface area (Å²) in [6.07, 6.45) is 0. The maximum Gasteiger partial charge on any atom is 0.253 e. The van der Waals surface area contributed by atoms with E-state index in [0.717, 1.165) is 4.47 Å². The molecule has 0 saturated carbocycles. The van der Waals surface area contributed by atoms with E-state index in [-0.39, 0.29) is 5.54 Å². The molecule has 1 N–H and O–H groups in total. The second kappa shape index (κ2) is 4.62. The van der Waals surface area contributed by atoms with Crippen LogP contribution in [0.25, 0.3) is 0 Å². The van der Waals surface area contributed by atoms with Gasteiger partial charge in [0.2, 0.25) is 0 Å². The van der Waals surface area contributed by atoms with E-state index in [9.17, 15) is 8.42 Å². The lowest BCUT2D eigenvalue weighted by atomic mass is 10.0. The number of hydrogen-bond acceptors (Lipinski definition) is 4. The molecule has 96 valence electrons. The summed E-state index contributed by atoms with van der Waals surface area (Å²) < 4.78 is 27.8. The van der Waals surface area contributed by atoms with Crippen molar-refractivity contribution in [1.82, 2.24) is 9.62 Å². The zero-order valence-electron chi connectivity index (χ0n) is 9.73. The van der Waals surface area contributed by atoms with Gasteiger partial charge in [-0.2, -0.15) is 4.31 Å². The van der Waals surface area contributed by atoms with Crippen molar-refractivity contribution >= 4 is 37.3 Å². The Balaban J connectivity index is 2.38. The topological polar surface area (TPSA) is 49.4 Å². The van der Waals surface area contributed by atoms with Crippen molar-refractivity contribution in [3.8, 4) is 0 Å². The van der Waals surface area contributed by atoms with Crippen LogP contribution in [0.3, 0.4) is 0 Å². The lowest BCUT2D eigenvalue weighted by Gasteiger charge is -2.41. The molecule has 17 heavy (non-hydrogen) atoms. The molecular weight excluding hydrogens is 324 g/mol. The second-order valence-corrected chi connectivity index (χ2v) is 8.57. The zero-order valence-corrected chi connectivity index (χ0v) is 13.0. The molecule has 0 amide bonds. The van der Waals surface area contributed by atoms with E-state index >= 15 is 0 Å². The van der Waals surface area contributed by atoms with E-state index in [1.165, 1.54) is 11.3 Å². The van der Waals surface area contributed by atoms with Crippen LogP contribution in [0.15, 0.2) is 20.1 Å². The number of nitrogens with one attached hydrogen (secondary N) is 1. The molecule has 0 atom stereocenters. The van der Waals surface area contributed by atoms with Crippen molar-refractivity contribution in [1.29, 1.82) is 0 Å². The molecule has 1 saturated heterocycles. The Morgan fingerprint density at radius 3 is 2.76 bits per heavy atom. The molecule has 0 radical (unpaired) electrons. The van der Waals surface area contributed by atoms with E-state index in [1.807, 2.05) is 13.8 Å². The molecule has 1 aliphatic rings. The molecule has 0 spiro atoms. The molecule has 1 aromatic rings. The molecule has 1 aliphatic heterocycles. The van der Waals surface area contributed by atoms with Crippen molar-refractivity contribution in [2.24, 2.45) is 0 Å². The first-order chi connectivity index (χ1) is 7.84. The number of hydrogen-bond donors (Lipinski definition) is 1. The van der Waals surface area contributed by atoms with Crippen LogP contribution >= 0.6 is 27.3 Å². The van der Waals surface area contributed by atoms with E-state index in [1.54, 1.807) is 15.8 Å². The molecule has 4 nitrogen and oxygen atoms in total. The average Bonchev–Trinajstić information content (AvgIpc) is 2.64. The smallest absolute Gasteiger partial charge is 0.253 e. The minimum absolute atomic E-state index is 0.381. The van der Waals surface area contributed by atoms with Crippen LogP contribution in [0.4, 0.5) is 0 Å². The Kier molecular flexibility index (Phi) is 3.66. The number of halogens is 1. The third-order valence-electron chi connectivity index (χ3n) is 2.81. The third-order valence-corrected chi connectivity index (χ3v) is 7.10. The maximum absolute atomic E-state index is 12.5. The fourth-order valence-corrected chi connectivity index (χ4v) is 5.69. The van der Waals surface area contributed by atoms with Crippen LogP contribution in [-0.4, -0.2) is 37.9 Å². The standard InChI is InChI=1S/C10H15BrN2O2S2/c1-10(2)7-12-3-4-13(10)17(14,15)9-5-8(11)6-16-9/h5-6,12H,3-4,7H2,1-2H3. The van der Waals surface area contributed by atoms with Gasteiger partial charge in [0.15, 0.2) is 0 Å². The monoisotopic (exact) mass is 338 g/mol. The Bertz CT molecular complexity index is 510. The summed E-state index contributed by atoms with van der Waals surface area (Å²) in [5, 5.41) is 5.02. The fraction of sp³-hybridized carbons (Fsp3) is 0.600. The first-order valence-corrected chi connectivity index (χ1v) is 8.43. The van der Waals surface area contributed by atoms with Gasteiger partial charge in [-0.1, -0.05) is 0 Å². The molecule has 2 heterocycles. The summed E-state index contributed by atoms with van der Waals surface area (Å²) in [5.74, 6) is 0. The number of nitrogens with zero attached hydrogens (tertiary/aromatic N) is 1. The van der Waals surface area contributed by atoms with Gasteiger partial charge in [0.1, 0.15) is 4.21 Å². The summed E-state index contributed by atoms with van der Waals surface area (Å²) in [4.78, 5) is 0. The van der Waals surface area contributed by atoms with Crippen LogP contribution in [0, 0.1) is 0 Å². The van der Waals surface area contributed by atoms with Crippen molar-refractivity contribution in [3.63, 3.8) is 0 Å². The summed E-state index contributed by atoms with van der Waals surface area (Å²) >= 11 is 4.55. The van der Waals surface area contributed by atoms with Gasteiger partial charge in [-0.05, 0) is 35.8 Å². The quantitative estimate of drug-likeness (QED) is 0.895. The number of rotatable bonds is 2. The molecule has 0 aromatic carbocycles. The third kappa shape index (κ3) is 2.58. The van der Waals surface area contributed by atoms with Gasteiger partial charge in [-0.3, -0.25) is 0 Å². The van der Waals surface area contributed by atoms with Crippen LogP contribution in [0.5, 0.6) is 0 Å². The zero-order chi connectivity index (χ0) is 12.7. The van der Waals surface area contributed by atoms with Gasteiger partial charge < -0.3 is 5.32 Å². The SMILES string of the molecule is CC1(C)CNCCN1S(=O)(=O)c1cc(Br)cs1. The first kappa shape index (κ1) is 13.5. The minimum atomic E-state index is -3.37. The molecule has 0 aliphatic carbocycles. The van der Waals surface area contributed by atoms with Gasteiger partial charge in [0, 0.05) is 35.0 Å². The average molecular weight is 339 g/mol. The Labute approximate surface area is 114 Å². The molecule has 1 fully saturated rings. The number of sulfonamides is 1. The van der Waals surface area contributed by atoms with E-state index in [2.05, 4.69) is 21.2 Å². The highest BCUT2D eigenvalue weighted by Gasteiger charge is 2.39. The van der Waals surface area contributed by atoms with Crippen molar-refractivity contribution in [3.05, 3.63) is 15.9 Å². The van der Waals surface area contributed by atoms with Crippen molar-refractivity contribution < 1.29 is 8.42 Å². The molecule has 7 heteroatoms. The fourth-order valence-electron chi connectivity index (χ4n) is 1.95. The Hall–Kier alpha value is 0.0500. The molecule has 1 aromatic heterocycles. The van der Waals surface area contributed by atoms with Gasteiger partial charge in [-0.15, -0.1) is 11.3 Å². The summed E-state index contributed by atoms with van der Waals surface area (Å²) in [7, 11) is -3.37. The van der Waals surface area contributed by atoms with Crippen LogP contribution in [0.2, 0.25) is 0 Å². The van der Waals surface area contributed by atoms with Gasteiger partial charge in [0.05, 0.1) is 0 Å². The van der Waals surface area contributed by atoms with E-state index in [4.69, 9.17) is 0 Å². The predicted octanol–water partition coefficient (Wildman–Crippen LogP) is 1.88. The number of thiophene rings is 1. The van der Waals surface area contributed by atoms with Crippen LogP contribution < -0.4 is 5.32 Å². The molecule has 2 rings (SSSR count). The molecular formula is C10H15BrN2O2S2. The van der Waals surface area contributed by atoms with Crippen LogP contribution in [-0.2, 0) is 10.0 Å². The Morgan fingerprint density at radius 1 is 1.53 bits per heavy atom. The molecule has 0 unspecified atom stereocenters. The predicted molar refractivity (Wildman–Crippen MR) is 72.9 cm³/mol. The number of piperazine rings is 1. The Morgan fingerprint density at radius 2 is 2.24 bits per heavy atom. The highest BCUT2D eigenvalue weighted by molar-refractivity contribution is 9.10. The maximum atomic E-state index is 12.5. The first-order valence-electron chi connectivity index (χ1n) is 5.32. The van der Waals surface area contributed by atoms with E-state index in [0.29, 0.717) is 23.8 Å². The van der Waals surface area contributed by atoms with Gasteiger partial charge in [0.25, 0.3) is 10.0 Å². The van der Waals surface area contributed by atoms with Crippen molar-refractivity contribution in [2.75, 3.05) is 19.6 Å². The summed E-state index contributed by atoms with van der Waals surface area (Å²) in [6.45, 7) is 5.79. The summed E-state index contributed by atoms with van der Waals surface area (Å²) in [5.41, 5.74) is -0.381.